The molecule has 8 heteroatoms. The summed E-state index contributed by atoms with van der Waals surface area (Å²) in [5, 5.41) is 6.26. The van der Waals surface area contributed by atoms with E-state index in [9.17, 15) is 13.2 Å². The molecule has 1 rings (SSSR count). The van der Waals surface area contributed by atoms with Crippen LogP contribution in [-0.4, -0.2) is 75.3 Å². The second-order valence-electron chi connectivity index (χ2n) is 6.82. The number of halogens is 3. The molecule has 0 bridgehead atoms. The molecule has 0 saturated heterocycles. The van der Waals surface area contributed by atoms with E-state index < -0.39 is 12.7 Å². The molecular weight excluding hydrogens is 355 g/mol. The number of alkyl halides is 3. The number of benzene rings is 1. The second kappa shape index (κ2) is 11.8. The molecule has 154 valence electrons. The van der Waals surface area contributed by atoms with Gasteiger partial charge >= 0.3 is 6.18 Å². The summed E-state index contributed by atoms with van der Waals surface area (Å²) >= 11 is 0. The summed E-state index contributed by atoms with van der Waals surface area (Å²) in [7, 11) is 5.20. The predicted octanol–water partition coefficient (Wildman–Crippen LogP) is 2.56. The molecule has 1 aromatic rings. The van der Waals surface area contributed by atoms with Crippen LogP contribution in [0.25, 0.3) is 0 Å². The molecule has 0 saturated carbocycles. The molecule has 2 N–H and O–H groups in total. The van der Waals surface area contributed by atoms with E-state index in [0.717, 1.165) is 19.5 Å². The lowest BCUT2D eigenvalue weighted by molar-refractivity contribution is -0.142. The smallest absolute Gasteiger partial charge is 0.356 e. The summed E-state index contributed by atoms with van der Waals surface area (Å²) in [4.78, 5) is 7.64. The molecule has 0 fully saturated rings. The lowest BCUT2D eigenvalue weighted by atomic mass is 10.1. The first-order chi connectivity index (χ1) is 12.7. The van der Waals surface area contributed by atoms with E-state index in [-0.39, 0.29) is 6.54 Å². The van der Waals surface area contributed by atoms with Gasteiger partial charge in [0, 0.05) is 39.3 Å². The Balaban J connectivity index is 2.24. The van der Waals surface area contributed by atoms with E-state index in [0.29, 0.717) is 18.5 Å². The van der Waals surface area contributed by atoms with E-state index >= 15 is 0 Å². The lowest BCUT2D eigenvalue weighted by Gasteiger charge is -2.25. The van der Waals surface area contributed by atoms with Crippen LogP contribution in [0.2, 0.25) is 0 Å². The second-order valence-corrected chi connectivity index (χ2v) is 6.82. The van der Waals surface area contributed by atoms with Gasteiger partial charge in [-0.2, -0.15) is 13.2 Å². The standard InChI is InChI=1S/C19H32F3N5/c1-16(27(4)14-17-8-6-5-7-9-17)10-11-24-18(23-2)25-12-13-26(3)15-19(20,21)22/h5-9,16H,10-15H2,1-4H3,(H2,23,24,25). The van der Waals surface area contributed by atoms with Crippen molar-refractivity contribution in [1.82, 2.24) is 20.4 Å². The van der Waals surface area contributed by atoms with Gasteiger partial charge in [-0.05, 0) is 33.0 Å². The highest BCUT2D eigenvalue weighted by Crippen LogP contribution is 2.15. The Kier molecular flexibility index (Phi) is 10.2. The molecule has 0 aliphatic rings. The zero-order valence-corrected chi connectivity index (χ0v) is 16.7. The Morgan fingerprint density at radius 3 is 2.33 bits per heavy atom. The van der Waals surface area contributed by atoms with Crippen LogP contribution < -0.4 is 10.6 Å². The topological polar surface area (TPSA) is 42.9 Å². The Hall–Kier alpha value is -1.80. The van der Waals surface area contributed by atoms with Crippen molar-refractivity contribution in [1.29, 1.82) is 0 Å². The zero-order valence-electron chi connectivity index (χ0n) is 16.7. The maximum atomic E-state index is 12.3. The normalized spacial score (nSPS) is 13.9. The molecule has 0 heterocycles. The van der Waals surface area contributed by atoms with Gasteiger partial charge in [0.1, 0.15) is 0 Å². The molecule has 1 unspecified atom stereocenters. The third-order valence-electron chi connectivity index (χ3n) is 4.34. The molecule has 0 amide bonds. The quantitative estimate of drug-likeness (QED) is 0.478. The molecule has 5 nitrogen and oxygen atoms in total. The van der Waals surface area contributed by atoms with Crippen LogP contribution in [0.3, 0.4) is 0 Å². The van der Waals surface area contributed by atoms with Gasteiger partial charge in [0.05, 0.1) is 6.54 Å². The number of likely N-dealkylation sites (N-methyl/N-ethyl adjacent to an activating group) is 1. The Morgan fingerprint density at radius 2 is 1.74 bits per heavy atom. The number of rotatable bonds is 10. The average Bonchev–Trinajstić information content (AvgIpc) is 2.59. The number of hydrogen-bond acceptors (Lipinski definition) is 3. The first kappa shape index (κ1) is 23.2. The zero-order chi connectivity index (χ0) is 20.3. The van der Waals surface area contributed by atoms with Crippen LogP contribution in [0.4, 0.5) is 13.2 Å². The Bertz CT molecular complexity index is 548. The van der Waals surface area contributed by atoms with Crippen molar-refractivity contribution in [3.8, 4) is 0 Å². The number of aliphatic imine (C=N–C) groups is 1. The number of nitrogens with one attached hydrogen (secondary N) is 2. The first-order valence-electron chi connectivity index (χ1n) is 9.15. The predicted molar refractivity (Wildman–Crippen MR) is 105 cm³/mol. The van der Waals surface area contributed by atoms with Gasteiger partial charge in [-0.25, -0.2) is 0 Å². The summed E-state index contributed by atoms with van der Waals surface area (Å²) in [6.45, 7) is 3.57. The number of hydrogen-bond donors (Lipinski definition) is 2. The van der Waals surface area contributed by atoms with Gasteiger partial charge in [0.2, 0.25) is 0 Å². The van der Waals surface area contributed by atoms with E-state index in [1.54, 1.807) is 7.05 Å². The average molecular weight is 387 g/mol. The minimum atomic E-state index is -4.17. The van der Waals surface area contributed by atoms with Gasteiger partial charge in [-0.3, -0.25) is 14.8 Å². The molecule has 0 aromatic heterocycles. The summed E-state index contributed by atoms with van der Waals surface area (Å²) in [5.41, 5.74) is 1.28. The first-order valence-corrected chi connectivity index (χ1v) is 9.15. The van der Waals surface area contributed by atoms with Gasteiger partial charge in [0.15, 0.2) is 5.96 Å². The molecule has 0 spiro atoms. The maximum Gasteiger partial charge on any atom is 0.401 e. The number of nitrogens with zero attached hydrogens (tertiary/aromatic N) is 3. The van der Waals surface area contributed by atoms with E-state index in [2.05, 4.69) is 46.6 Å². The minimum Gasteiger partial charge on any atom is -0.356 e. The SMILES string of the molecule is CN=C(NCCC(C)N(C)Cc1ccccc1)NCCN(C)CC(F)(F)F. The fourth-order valence-corrected chi connectivity index (χ4v) is 2.62. The molecule has 0 aliphatic carbocycles. The Labute approximate surface area is 160 Å². The highest BCUT2D eigenvalue weighted by atomic mass is 19.4. The van der Waals surface area contributed by atoms with Crippen LogP contribution in [-0.2, 0) is 6.54 Å². The van der Waals surface area contributed by atoms with Crippen LogP contribution in [0.15, 0.2) is 35.3 Å². The minimum absolute atomic E-state index is 0.288. The fourth-order valence-electron chi connectivity index (χ4n) is 2.62. The summed E-state index contributed by atoms with van der Waals surface area (Å²) < 4.78 is 36.9. The van der Waals surface area contributed by atoms with Crippen molar-refractivity contribution >= 4 is 5.96 Å². The summed E-state index contributed by atoms with van der Waals surface area (Å²) in [6, 6.07) is 10.7. The maximum absolute atomic E-state index is 12.3. The van der Waals surface area contributed by atoms with Crippen molar-refractivity contribution in [2.75, 3.05) is 47.3 Å². The molecule has 0 aliphatic heterocycles. The van der Waals surface area contributed by atoms with Gasteiger partial charge < -0.3 is 10.6 Å². The highest BCUT2D eigenvalue weighted by Gasteiger charge is 2.28. The third-order valence-corrected chi connectivity index (χ3v) is 4.34. The summed E-state index contributed by atoms with van der Waals surface area (Å²) in [6.07, 6.45) is -3.24. The summed E-state index contributed by atoms with van der Waals surface area (Å²) in [5.74, 6) is 0.605. The van der Waals surface area contributed by atoms with E-state index in [1.165, 1.54) is 17.5 Å². The molecule has 0 radical (unpaired) electrons. The lowest BCUT2D eigenvalue weighted by Crippen LogP contribution is -2.43. The van der Waals surface area contributed by atoms with Crippen LogP contribution in [0.5, 0.6) is 0 Å². The van der Waals surface area contributed by atoms with Crippen LogP contribution in [0, 0.1) is 0 Å². The van der Waals surface area contributed by atoms with Gasteiger partial charge in [0.25, 0.3) is 0 Å². The Morgan fingerprint density at radius 1 is 1.11 bits per heavy atom. The van der Waals surface area contributed by atoms with E-state index in [1.807, 2.05) is 18.2 Å². The van der Waals surface area contributed by atoms with Crippen molar-refractivity contribution in [3.63, 3.8) is 0 Å². The molecule has 1 aromatic carbocycles. The molecule has 1 atom stereocenters. The van der Waals surface area contributed by atoms with Crippen molar-refractivity contribution in [3.05, 3.63) is 35.9 Å². The van der Waals surface area contributed by atoms with Gasteiger partial charge in [-0.15, -0.1) is 0 Å². The molecule has 27 heavy (non-hydrogen) atoms. The van der Waals surface area contributed by atoms with Crippen LogP contribution in [0.1, 0.15) is 18.9 Å². The highest BCUT2D eigenvalue weighted by molar-refractivity contribution is 5.79. The van der Waals surface area contributed by atoms with Gasteiger partial charge in [-0.1, -0.05) is 30.3 Å². The monoisotopic (exact) mass is 387 g/mol. The van der Waals surface area contributed by atoms with Crippen molar-refractivity contribution < 1.29 is 13.2 Å². The van der Waals surface area contributed by atoms with Crippen LogP contribution >= 0.6 is 0 Å². The van der Waals surface area contributed by atoms with E-state index in [4.69, 9.17) is 0 Å². The largest absolute Gasteiger partial charge is 0.401 e. The third kappa shape index (κ3) is 10.8. The van der Waals surface area contributed by atoms with Crippen molar-refractivity contribution in [2.24, 2.45) is 4.99 Å². The molecular formula is C19H32F3N5. The van der Waals surface area contributed by atoms with Crippen molar-refractivity contribution in [2.45, 2.75) is 32.1 Å². The fraction of sp³-hybridized carbons (Fsp3) is 0.632. The number of guanidine groups is 1.